The molecule has 0 radical (unpaired) electrons. The first kappa shape index (κ1) is 18.3. The van der Waals surface area contributed by atoms with Crippen LogP contribution in [0.2, 0.25) is 0 Å². The number of carbonyl (C=O) groups excluding carboxylic acids is 1. The fourth-order valence-corrected chi connectivity index (χ4v) is 3.02. The van der Waals surface area contributed by atoms with Crippen LogP contribution in [0.1, 0.15) is 35.3 Å². The van der Waals surface area contributed by atoms with Gasteiger partial charge in [0.05, 0.1) is 30.0 Å². The highest BCUT2D eigenvalue weighted by molar-refractivity contribution is 5.76. The molecule has 0 fully saturated rings. The van der Waals surface area contributed by atoms with Crippen molar-refractivity contribution in [2.45, 2.75) is 39.1 Å². The van der Waals surface area contributed by atoms with Crippen LogP contribution in [0.15, 0.2) is 18.2 Å². The Morgan fingerprint density at radius 1 is 1.35 bits per heavy atom. The molecule has 0 unspecified atom stereocenters. The zero-order valence-corrected chi connectivity index (χ0v) is 15.4. The highest BCUT2D eigenvalue weighted by atomic mass is 16.3. The quantitative estimate of drug-likeness (QED) is 0.821. The van der Waals surface area contributed by atoms with Crippen molar-refractivity contribution >= 4 is 5.91 Å². The second kappa shape index (κ2) is 7.43. The minimum Gasteiger partial charge on any atom is -0.506 e. The van der Waals surface area contributed by atoms with Crippen molar-refractivity contribution < 1.29 is 15.0 Å². The number of fused-ring (bicyclic) bond motifs is 1. The van der Waals surface area contributed by atoms with E-state index in [-0.39, 0.29) is 18.1 Å². The van der Waals surface area contributed by atoms with Crippen LogP contribution in [0.4, 0.5) is 0 Å². The van der Waals surface area contributed by atoms with Gasteiger partial charge in [-0.1, -0.05) is 0 Å². The van der Waals surface area contributed by atoms with Crippen LogP contribution < -0.4 is 0 Å². The minimum absolute atomic E-state index is 0.0221. The lowest BCUT2D eigenvalue weighted by atomic mass is 10.1. The number of aromatic hydroxyl groups is 1. The predicted octanol–water partition coefficient (Wildman–Crippen LogP) is 0.820. The van der Waals surface area contributed by atoms with E-state index in [9.17, 15) is 15.0 Å². The van der Waals surface area contributed by atoms with E-state index in [0.717, 1.165) is 17.9 Å². The summed E-state index contributed by atoms with van der Waals surface area (Å²) in [7, 11) is 3.33. The fourth-order valence-electron chi connectivity index (χ4n) is 3.02. The third kappa shape index (κ3) is 4.03. The van der Waals surface area contributed by atoms with Gasteiger partial charge in [0.25, 0.3) is 0 Å². The van der Waals surface area contributed by atoms with E-state index >= 15 is 0 Å². The Morgan fingerprint density at radius 3 is 2.85 bits per heavy atom. The van der Waals surface area contributed by atoms with Crippen molar-refractivity contribution in [3.8, 4) is 5.75 Å². The third-order valence-corrected chi connectivity index (χ3v) is 4.57. The molecule has 3 rings (SSSR count). The van der Waals surface area contributed by atoms with Gasteiger partial charge in [-0.25, -0.2) is 0 Å². The minimum atomic E-state index is -0.904. The molecule has 26 heavy (non-hydrogen) atoms. The van der Waals surface area contributed by atoms with Gasteiger partial charge in [-0.15, -0.1) is 0 Å². The molecule has 0 spiro atoms. The lowest BCUT2D eigenvalue weighted by Gasteiger charge is -2.27. The van der Waals surface area contributed by atoms with Crippen molar-refractivity contribution in [1.29, 1.82) is 0 Å². The first-order chi connectivity index (χ1) is 12.3. The highest BCUT2D eigenvalue weighted by Gasteiger charge is 2.23. The van der Waals surface area contributed by atoms with Crippen LogP contribution in [0.3, 0.4) is 0 Å². The molecule has 2 N–H and O–H groups in total. The number of aliphatic hydroxyl groups excluding tert-OH is 1. The van der Waals surface area contributed by atoms with Gasteiger partial charge in [-0.3, -0.25) is 19.4 Å². The van der Waals surface area contributed by atoms with Gasteiger partial charge in [-0.2, -0.15) is 5.10 Å². The van der Waals surface area contributed by atoms with Crippen molar-refractivity contribution in [3.63, 3.8) is 0 Å². The number of rotatable bonds is 5. The molecule has 0 aromatic carbocycles. The first-order valence-electron chi connectivity index (χ1n) is 8.66. The van der Waals surface area contributed by atoms with E-state index in [4.69, 9.17) is 0 Å². The van der Waals surface area contributed by atoms with E-state index in [2.05, 4.69) is 15.0 Å². The molecule has 140 valence electrons. The van der Waals surface area contributed by atoms with Crippen LogP contribution >= 0.6 is 0 Å². The van der Waals surface area contributed by atoms with Crippen LogP contribution in [0.25, 0.3) is 0 Å². The predicted molar refractivity (Wildman–Crippen MR) is 95.3 cm³/mol. The van der Waals surface area contributed by atoms with Crippen molar-refractivity contribution in [1.82, 2.24) is 24.6 Å². The van der Waals surface area contributed by atoms with Gasteiger partial charge in [0.2, 0.25) is 5.91 Å². The molecule has 0 bridgehead atoms. The summed E-state index contributed by atoms with van der Waals surface area (Å²) in [6, 6.07) is 5.30. The molecule has 0 saturated heterocycles. The summed E-state index contributed by atoms with van der Waals surface area (Å²) in [5.74, 6) is 0.0686. The Hall–Kier alpha value is -2.45. The van der Waals surface area contributed by atoms with Crippen LogP contribution in [0, 0.1) is 6.92 Å². The summed E-state index contributed by atoms with van der Waals surface area (Å²) in [5, 5.41) is 24.7. The Bertz CT molecular complexity index is 802. The van der Waals surface area contributed by atoms with Crippen molar-refractivity contribution in [2.75, 3.05) is 20.6 Å². The summed E-state index contributed by atoms with van der Waals surface area (Å²) < 4.78 is 1.87. The molecule has 8 heteroatoms. The normalized spacial score (nSPS) is 15.5. The molecular weight excluding hydrogens is 334 g/mol. The van der Waals surface area contributed by atoms with Crippen molar-refractivity contribution in [3.05, 3.63) is 41.0 Å². The Morgan fingerprint density at radius 2 is 2.12 bits per heavy atom. The molecule has 0 saturated carbocycles. The van der Waals surface area contributed by atoms with Gasteiger partial charge in [0.15, 0.2) is 0 Å². The van der Waals surface area contributed by atoms with Gasteiger partial charge in [-0.05, 0) is 25.1 Å². The lowest BCUT2D eigenvalue weighted by molar-refractivity contribution is -0.130. The van der Waals surface area contributed by atoms with Crippen LogP contribution in [-0.4, -0.2) is 61.3 Å². The fraction of sp³-hybridized carbons (Fsp3) is 0.500. The molecule has 1 aliphatic rings. The zero-order chi connectivity index (χ0) is 18.8. The Labute approximate surface area is 152 Å². The Balaban J connectivity index is 1.68. The average Bonchev–Trinajstić information content (AvgIpc) is 3.01. The number of hydrogen-bond donors (Lipinski definition) is 2. The number of carbonyl (C=O) groups is 1. The molecule has 2 aromatic heterocycles. The summed E-state index contributed by atoms with van der Waals surface area (Å²) in [6.07, 6.45) is -0.882. The summed E-state index contributed by atoms with van der Waals surface area (Å²) in [6.45, 7) is 4.56. The van der Waals surface area contributed by atoms with Crippen LogP contribution in [-0.2, 0) is 24.4 Å². The van der Waals surface area contributed by atoms with Crippen molar-refractivity contribution in [2.24, 2.45) is 0 Å². The number of nitrogens with zero attached hydrogens (tertiary/aromatic N) is 5. The number of amides is 1. The van der Waals surface area contributed by atoms with Gasteiger partial charge in [0.1, 0.15) is 11.9 Å². The van der Waals surface area contributed by atoms with E-state index < -0.39 is 6.10 Å². The molecule has 1 atom stereocenters. The third-order valence-electron chi connectivity index (χ3n) is 4.57. The van der Waals surface area contributed by atoms with Gasteiger partial charge < -0.3 is 15.1 Å². The number of aryl methyl sites for hydroxylation is 1. The smallest absolute Gasteiger partial charge is 0.225 e. The second-order valence-electron chi connectivity index (χ2n) is 6.92. The summed E-state index contributed by atoms with van der Waals surface area (Å²) >= 11 is 0. The summed E-state index contributed by atoms with van der Waals surface area (Å²) in [4.78, 5) is 19.8. The number of aromatic nitrogens is 3. The van der Waals surface area contributed by atoms with Gasteiger partial charge in [0, 0.05) is 39.4 Å². The maximum atomic E-state index is 11.8. The average molecular weight is 359 g/mol. The number of pyridine rings is 1. The molecule has 8 nitrogen and oxygen atoms in total. The summed E-state index contributed by atoms with van der Waals surface area (Å²) in [5.41, 5.74) is 3.04. The van der Waals surface area contributed by atoms with Crippen LogP contribution in [0.5, 0.6) is 5.75 Å². The van der Waals surface area contributed by atoms with E-state index in [0.29, 0.717) is 31.0 Å². The SMILES string of the molecule is Cc1ccc(O)c(CN2CCn3nc([C@@H](O)CC(=O)N(C)C)cc3C2)n1. The lowest BCUT2D eigenvalue weighted by Crippen LogP contribution is -2.33. The van der Waals surface area contributed by atoms with E-state index in [1.165, 1.54) is 4.90 Å². The maximum Gasteiger partial charge on any atom is 0.225 e. The molecular formula is C18H25N5O3. The maximum absolute atomic E-state index is 11.8. The van der Waals surface area contributed by atoms with E-state index in [1.54, 1.807) is 26.2 Å². The number of aliphatic hydroxyl groups is 1. The highest BCUT2D eigenvalue weighted by Crippen LogP contribution is 2.23. The largest absolute Gasteiger partial charge is 0.506 e. The monoisotopic (exact) mass is 359 g/mol. The Kier molecular flexibility index (Phi) is 5.24. The van der Waals surface area contributed by atoms with E-state index in [1.807, 2.05) is 17.7 Å². The zero-order valence-electron chi connectivity index (χ0n) is 15.4. The first-order valence-corrected chi connectivity index (χ1v) is 8.66. The molecule has 0 aliphatic carbocycles. The molecule has 3 heterocycles. The second-order valence-corrected chi connectivity index (χ2v) is 6.92. The topological polar surface area (TPSA) is 94.7 Å². The van der Waals surface area contributed by atoms with Gasteiger partial charge >= 0.3 is 0 Å². The molecule has 2 aromatic rings. The molecule has 1 aliphatic heterocycles. The number of hydrogen-bond acceptors (Lipinski definition) is 6. The standard InChI is InChI=1S/C18H25N5O3/c1-12-4-5-16(24)15(19-12)11-22-6-7-23-13(10-22)8-14(20-23)17(25)9-18(26)21(2)3/h4-5,8,17,24-25H,6-7,9-11H2,1-3H3/t17-/m0/s1. The molecule has 1 amide bonds.